The van der Waals surface area contributed by atoms with Crippen molar-refractivity contribution in [2.45, 2.75) is 13.3 Å². The minimum Gasteiger partial charge on any atom is -0.267 e. The second-order valence-corrected chi connectivity index (χ2v) is 5.45. The van der Waals surface area contributed by atoms with Gasteiger partial charge in [0.1, 0.15) is 11.2 Å². The van der Waals surface area contributed by atoms with Crippen LogP contribution < -0.4 is 5.56 Å². The highest BCUT2D eigenvalue weighted by Crippen LogP contribution is 2.20. The summed E-state index contributed by atoms with van der Waals surface area (Å²) >= 11 is 1.56. The zero-order valence-corrected chi connectivity index (χ0v) is 11.8. The SMILES string of the molecule is CCc1cc2c(=O)n(/N=C\c3ccccc3)cnc2s1. The van der Waals surface area contributed by atoms with Crippen LogP contribution in [0.15, 0.2) is 52.6 Å². The Morgan fingerprint density at radius 3 is 2.90 bits per heavy atom. The Labute approximate surface area is 120 Å². The molecule has 0 atom stereocenters. The van der Waals surface area contributed by atoms with Crippen LogP contribution in [0.3, 0.4) is 0 Å². The number of aryl methyl sites for hydroxylation is 1. The lowest BCUT2D eigenvalue weighted by Crippen LogP contribution is -2.16. The van der Waals surface area contributed by atoms with E-state index in [4.69, 9.17) is 0 Å². The number of fused-ring (bicyclic) bond motifs is 1. The smallest absolute Gasteiger partial charge is 0.267 e. The van der Waals surface area contributed by atoms with Gasteiger partial charge in [0, 0.05) is 4.88 Å². The van der Waals surface area contributed by atoms with Crippen molar-refractivity contribution in [2.24, 2.45) is 5.10 Å². The minimum absolute atomic E-state index is 0.127. The molecule has 2 heterocycles. The molecule has 0 aliphatic rings. The summed E-state index contributed by atoms with van der Waals surface area (Å²) in [4.78, 5) is 18.5. The minimum atomic E-state index is -0.127. The maximum absolute atomic E-state index is 12.3. The van der Waals surface area contributed by atoms with Gasteiger partial charge in [-0.1, -0.05) is 37.3 Å². The van der Waals surface area contributed by atoms with E-state index in [1.54, 1.807) is 17.6 Å². The fourth-order valence-electron chi connectivity index (χ4n) is 1.89. The average Bonchev–Trinajstić information content (AvgIpc) is 2.92. The third-order valence-electron chi connectivity index (χ3n) is 2.97. The normalized spacial score (nSPS) is 11.4. The summed E-state index contributed by atoms with van der Waals surface area (Å²) in [5.41, 5.74) is 0.817. The van der Waals surface area contributed by atoms with Crippen LogP contribution in [0.1, 0.15) is 17.4 Å². The summed E-state index contributed by atoms with van der Waals surface area (Å²) in [6.07, 6.45) is 4.04. The molecule has 1 aromatic carbocycles. The number of rotatable bonds is 3. The molecule has 0 amide bonds. The van der Waals surface area contributed by atoms with E-state index >= 15 is 0 Å². The first kappa shape index (κ1) is 12.7. The molecule has 4 nitrogen and oxygen atoms in total. The van der Waals surface area contributed by atoms with Crippen molar-refractivity contribution in [3.8, 4) is 0 Å². The van der Waals surface area contributed by atoms with E-state index < -0.39 is 0 Å². The molecule has 20 heavy (non-hydrogen) atoms. The fraction of sp³-hybridized carbons (Fsp3) is 0.133. The largest absolute Gasteiger partial charge is 0.282 e. The Balaban J connectivity index is 2.02. The molecule has 5 heteroatoms. The zero-order valence-electron chi connectivity index (χ0n) is 11.0. The van der Waals surface area contributed by atoms with Crippen molar-refractivity contribution in [1.29, 1.82) is 0 Å². The first-order valence-electron chi connectivity index (χ1n) is 6.37. The standard InChI is InChI=1S/C15H13N3OS/c1-2-12-8-13-14(20-12)16-10-18(15(13)19)17-9-11-6-4-3-5-7-11/h3-10H,2H2,1H3/b17-9-. The second kappa shape index (κ2) is 5.38. The number of thiophene rings is 1. The van der Waals surface area contributed by atoms with Crippen LogP contribution in [0.5, 0.6) is 0 Å². The Morgan fingerprint density at radius 2 is 2.15 bits per heavy atom. The Hall–Kier alpha value is -2.27. The van der Waals surface area contributed by atoms with E-state index in [0.717, 1.165) is 21.7 Å². The predicted molar refractivity (Wildman–Crippen MR) is 82.7 cm³/mol. The van der Waals surface area contributed by atoms with Crippen molar-refractivity contribution in [3.63, 3.8) is 0 Å². The number of hydrogen-bond acceptors (Lipinski definition) is 4. The quantitative estimate of drug-likeness (QED) is 0.694. The van der Waals surface area contributed by atoms with E-state index in [0.29, 0.717) is 5.39 Å². The van der Waals surface area contributed by atoms with Crippen LogP contribution in [0, 0.1) is 0 Å². The van der Waals surface area contributed by atoms with Crippen molar-refractivity contribution in [2.75, 3.05) is 0 Å². The third-order valence-corrected chi connectivity index (χ3v) is 4.15. The first-order chi connectivity index (χ1) is 9.78. The molecule has 3 rings (SSSR count). The van der Waals surface area contributed by atoms with Gasteiger partial charge in [0.15, 0.2) is 0 Å². The van der Waals surface area contributed by atoms with Gasteiger partial charge < -0.3 is 0 Å². The Kier molecular flexibility index (Phi) is 3.43. The molecule has 0 N–H and O–H groups in total. The first-order valence-corrected chi connectivity index (χ1v) is 7.19. The molecule has 2 aromatic heterocycles. The van der Waals surface area contributed by atoms with E-state index in [9.17, 15) is 4.79 Å². The molecule has 0 saturated carbocycles. The number of benzene rings is 1. The van der Waals surface area contributed by atoms with Gasteiger partial charge in [0.05, 0.1) is 11.6 Å². The van der Waals surface area contributed by atoms with E-state index in [-0.39, 0.29) is 5.56 Å². The average molecular weight is 283 g/mol. The van der Waals surface area contributed by atoms with Gasteiger partial charge in [-0.15, -0.1) is 11.3 Å². The molecule has 0 bridgehead atoms. The second-order valence-electron chi connectivity index (χ2n) is 4.33. The summed E-state index contributed by atoms with van der Waals surface area (Å²) in [6, 6.07) is 11.6. The zero-order chi connectivity index (χ0) is 13.9. The van der Waals surface area contributed by atoms with Crippen LogP contribution in [0.2, 0.25) is 0 Å². The molecule has 3 aromatic rings. The van der Waals surface area contributed by atoms with Crippen LogP contribution >= 0.6 is 11.3 Å². The molecule has 0 spiro atoms. The van der Waals surface area contributed by atoms with Crippen molar-refractivity contribution in [3.05, 3.63) is 63.5 Å². The topological polar surface area (TPSA) is 47.2 Å². The number of nitrogens with zero attached hydrogens (tertiary/aromatic N) is 3. The van der Waals surface area contributed by atoms with E-state index in [1.165, 1.54) is 11.0 Å². The lowest BCUT2D eigenvalue weighted by atomic mass is 10.2. The predicted octanol–water partition coefficient (Wildman–Crippen LogP) is 2.90. The summed E-state index contributed by atoms with van der Waals surface area (Å²) in [6.45, 7) is 2.07. The fourth-order valence-corrected chi connectivity index (χ4v) is 2.81. The van der Waals surface area contributed by atoms with Crippen molar-refractivity contribution >= 4 is 27.8 Å². The van der Waals surface area contributed by atoms with E-state index in [2.05, 4.69) is 17.0 Å². The Morgan fingerprint density at radius 1 is 1.35 bits per heavy atom. The highest BCUT2D eigenvalue weighted by atomic mass is 32.1. The van der Waals surface area contributed by atoms with Crippen LogP contribution in [-0.4, -0.2) is 15.9 Å². The molecular formula is C15H13N3OS. The van der Waals surface area contributed by atoms with Gasteiger partial charge >= 0.3 is 0 Å². The highest BCUT2D eigenvalue weighted by Gasteiger charge is 2.07. The summed E-state index contributed by atoms with van der Waals surface area (Å²) in [5, 5.41) is 4.82. The summed E-state index contributed by atoms with van der Waals surface area (Å²) in [7, 11) is 0. The lowest BCUT2D eigenvalue weighted by molar-refractivity contribution is 0.818. The van der Waals surface area contributed by atoms with Crippen LogP contribution in [-0.2, 0) is 6.42 Å². The van der Waals surface area contributed by atoms with E-state index in [1.807, 2.05) is 36.4 Å². The monoisotopic (exact) mass is 283 g/mol. The van der Waals surface area contributed by atoms with Gasteiger partial charge in [-0.2, -0.15) is 9.78 Å². The lowest BCUT2D eigenvalue weighted by Gasteiger charge is -1.97. The van der Waals surface area contributed by atoms with Gasteiger partial charge in [0.25, 0.3) is 5.56 Å². The van der Waals surface area contributed by atoms with Gasteiger partial charge in [0.2, 0.25) is 0 Å². The maximum atomic E-state index is 12.3. The van der Waals surface area contributed by atoms with Gasteiger partial charge in [-0.05, 0) is 18.1 Å². The molecule has 0 aliphatic heterocycles. The van der Waals surface area contributed by atoms with Crippen LogP contribution in [0.25, 0.3) is 10.2 Å². The van der Waals surface area contributed by atoms with Crippen molar-refractivity contribution in [1.82, 2.24) is 9.66 Å². The van der Waals surface area contributed by atoms with Crippen LogP contribution in [0.4, 0.5) is 0 Å². The maximum Gasteiger partial charge on any atom is 0.282 e. The third kappa shape index (κ3) is 2.40. The molecule has 0 saturated heterocycles. The Bertz CT molecular complexity index is 818. The molecular weight excluding hydrogens is 270 g/mol. The highest BCUT2D eigenvalue weighted by molar-refractivity contribution is 7.18. The molecule has 0 aliphatic carbocycles. The molecule has 0 radical (unpaired) electrons. The summed E-state index contributed by atoms with van der Waals surface area (Å²) in [5.74, 6) is 0. The molecule has 100 valence electrons. The van der Waals surface area contributed by atoms with Crippen molar-refractivity contribution < 1.29 is 0 Å². The number of hydrogen-bond donors (Lipinski definition) is 0. The molecule has 0 fully saturated rings. The number of aromatic nitrogens is 2. The van der Waals surface area contributed by atoms with Gasteiger partial charge in [-0.25, -0.2) is 4.98 Å². The molecule has 0 unspecified atom stereocenters. The van der Waals surface area contributed by atoms with Gasteiger partial charge in [-0.3, -0.25) is 4.79 Å². The summed E-state index contributed by atoms with van der Waals surface area (Å²) < 4.78 is 1.28.